The van der Waals surface area contributed by atoms with E-state index in [4.69, 9.17) is 0 Å². The highest BCUT2D eigenvalue weighted by Gasteiger charge is 2.22. The number of aryl methyl sites for hydroxylation is 1. The second-order valence-corrected chi connectivity index (χ2v) is 10.4. The molecule has 1 aromatic carbocycles. The fourth-order valence-electron chi connectivity index (χ4n) is 3.44. The van der Waals surface area contributed by atoms with Crippen LogP contribution < -0.4 is 0 Å². The molecule has 0 amide bonds. The monoisotopic (exact) mass is 510 g/mol. The Balaban J connectivity index is 1.67. The third kappa shape index (κ3) is 3.83. The van der Waals surface area contributed by atoms with Crippen molar-refractivity contribution in [2.45, 2.75) is 18.4 Å². The van der Waals surface area contributed by atoms with E-state index in [1.165, 1.54) is 3.97 Å². The zero-order chi connectivity index (χ0) is 19.9. The summed E-state index contributed by atoms with van der Waals surface area (Å²) in [5.41, 5.74) is 2.62. The van der Waals surface area contributed by atoms with Crippen molar-refractivity contribution in [3.05, 3.63) is 57.4 Å². The second-order valence-electron chi connectivity index (χ2n) is 7.39. The summed E-state index contributed by atoms with van der Waals surface area (Å²) < 4.78 is 28.4. The summed E-state index contributed by atoms with van der Waals surface area (Å²) in [7, 11) is -1.53. The smallest absolute Gasteiger partial charge is 0.269 e. The molecule has 4 rings (SSSR count). The van der Waals surface area contributed by atoms with E-state index in [0.29, 0.717) is 5.65 Å². The predicted octanol–water partition coefficient (Wildman–Crippen LogP) is 2.93. The molecular formula is C20H23IN4O2S. The third-order valence-corrected chi connectivity index (χ3v) is 7.72. The van der Waals surface area contributed by atoms with Gasteiger partial charge in [0.05, 0.1) is 4.90 Å². The van der Waals surface area contributed by atoms with Crippen LogP contribution in [0.1, 0.15) is 11.1 Å². The molecule has 0 spiro atoms. The van der Waals surface area contributed by atoms with Gasteiger partial charge in [-0.2, -0.15) is 0 Å². The number of fused-ring (bicyclic) bond motifs is 1. The van der Waals surface area contributed by atoms with Crippen molar-refractivity contribution in [1.82, 2.24) is 18.8 Å². The van der Waals surface area contributed by atoms with E-state index in [-0.39, 0.29) is 4.90 Å². The Labute approximate surface area is 179 Å². The molecule has 0 saturated carbocycles. The highest BCUT2D eigenvalue weighted by Crippen LogP contribution is 2.27. The van der Waals surface area contributed by atoms with Gasteiger partial charge in [0, 0.05) is 54.1 Å². The molecular weight excluding hydrogens is 487 g/mol. The summed E-state index contributed by atoms with van der Waals surface area (Å²) in [5, 5.41) is 0.878. The lowest BCUT2D eigenvalue weighted by atomic mass is 10.2. The van der Waals surface area contributed by atoms with Crippen molar-refractivity contribution in [3.8, 4) is 0 Å². The lowest BCUT2D eigenvalue weighted by Gasteiger charge is -2.32. The lowest BCUT2D eigenvalue weighted by Crippen LogP contribution is -2.43. The minimum Gasteiger partial charge on any atom is -0.304 e. The maximum absolute atomic E-state index is 13.1. The number of rotatable bonds is 4. The number of aromatic nitrogens is 2. The standard InChI is InChI=1S/C20H23IN4O2S/c1-15-3-5-17(6-4-15)28(26,27)25-14-19(21)18-11-16(12-22-20(18)25)13-24-9-7-23(2)8-10-24/h3-6,11-12,14H,7-10,13H2,1-2H3. The van der Waals surface area contributed by atoms with Gasteiger partial charge in [0.1, 0.15) is 0 Å². The molecule has 0 aliphatic carbocycles. The van der Waals surface area contributed by atoms with E-state index in [1.54, 1.807) is 24.5 Å². The zero-order valence-corrected chi connectivity index (χ0v) is 18.9. The normalized spacial score (nSPS) is 16.7. The van der Waals surface area contributed by atoms with Crippen molar-refractivity contribution in [2.75, 3.05) is 33.2 Å². The molecule has 1 saturated heterocycles. The molecule has 0 bridgehead atoms. The Morgan fingerprint density at radius 1 is 1.11 bits per heavy atom. The molecule has 1 aliphatic rings. The third-order valence-electron chi connectivity index (χ3n) is 5.20. The number of hydrogen-bond acceptors (Lipinski definition) is 5. The number of piperazine rings is 1. The van der Waals surface area contributed by atoms with E-state index >= 15 is 0 Å². The van der Waals surface area contributed by atoms with Gasteiger partial charge in [-0.15, -0.1) is 0 Å². The Morgan fingerprint density at radius 3 is 2.46 bits per heavy atom. The van der Waals surface area contributed by atoms with E-state index in [0.717, 1.165) is 52.8 Å². The number of benzene rings is 1. The van der Waals surface area contributed by atoms with Gasteiger partial charge in [-0.05, 0) is 60.3 Å². The van der Waals surface area contributed by atoms with Crippen molar-refractivity contribution in [2.24, 2.45) is 0 Å². The van der Waals surface area contributed by atoms with Crippen molar-refractivity contribution in [1.29, 1.82) is 0 Å². The molecule has 1 fully saturated rings. The maximum atomic E-state index is 13.1. The largest absolute Gasteiger partial charge is 0.304 e. The first kappa shape index (κ1) is 19.8. The fourth-order valence-corrected chi connectivity index (χ4v) is 5.63. The van der Waals surface area contributed by atoms with Crippen molar-refractivity contribution < 1.29 is 8.42 Å². The minimum atomic E-state index is -3.67. The Kier molecular flexibility index (Phi) is 5.47. The van der Waals surface area contributed by atoms with E-state index in [2.05, 4.69) is 50.5 Å². The highest BCUT2D eigenvalue weighted by molar-refractivity contribution is 14.1. The number of halogens is 1. The van der Waals surface area contributed by atoms with Gasteiger partial charge < -0.3 is 4.90 Å². The minimum absolute atomic E-state index is 0.273. The average Bonchev–Trinajstić information content (AvgIpc) is 3.01. The predicted molar refractivity (Wildman–Crippen MR) is 119 cm³/mol. The number of hydrogen-bond donors (Lipinski definition) is 0. The summed E-state index contributed by atoms with van der Waals surface area (Å²) in [4.78, 5) is 9.55. The molecule has 3 aromatic rings. The van der Waals surface area contributed by atoms with E-state index < -0.39 is 10.0 Å². The molecule has 1 aliphatic heterocycles. The summed E-state index contributed by atoms with van der Waals surface area (Å²) >= 11 is 2.19. The number of nitrogens with zero attached hydrogens (tertiary/aromatic N) is 4. The van der Waals surface area contributed by atoms with Gasteiger partial charge in [0.15, 0.2) is 5.65 Å². The molecule has 8 heteroatoms. The van der Waals surface area contributed by atoms with Crippen LogP contribution in [0.3, 0.4) is 0 Å². The van der Waals surface area contributed by atoms with Crippen LogP contribution in [0.25, 0.3) is 11.0 Å². The molecule has 3 heterocycles. The van der Waals surface area contributed by atoms with Gasteiger partial charge in [0.2, 0.25) is 0 Å². The van der Waals surface area contributed by atoms with Crippen molar-refractivity contribution >= 4 is 43.6 Å². The van der Waals surface area contributed by atoms with Crippen LogP contribution in [0.2, 0.25) is 0 Å². The molecule has 0 unspecified atom stereocenters. The maximum Gasteiger partial charge on any atom is 0.269 e. The molecule has 148 valence electrons. The van der Waals surface area contributed by atoms with Gasteiger partial charge in [-0.1, -0.05) is 17.7 Å². The quantitative estimate of drug-likeness (QED) is 0.506. The van der Waals surface area contributed by atoms with Crippen LogP contribution in [-0.4, -0.2) is 60.4 Å². The van der Waals surface area contributed by atoms with Gasteiger partial charge in [0.25, 0.3) is 10.0 Å². The lowest BCUT2D eigenvalue weighted by molar-refractivity contribution is 0.148. The molecule has 28 heavy (non-hydrogen) atoms. The van der Waals surface area contributed by atoms with E-state index in [9.17, 15) is 8.42 Å². The number of likely N-dealkylation sites (N-methyl/N-ethyl adjacent to an activating group) is 1. The molecule has 2 aromatic heterocycles. The molecule has 6 nitrogen and oxygen atoms in total. The summed E-state index contributed by atoms with van der Waals surface area (Å²) in [6, 6.07) is 8.98. The van der Waals surface area contributed by atoms with Crippen LogP contribution in [0.5, 0.6) is 0 Å². The van der Waals surface area contributed by atoms with Crippen molar-refractivity contribution in [3.63, 3.8) is 0 Å². The summed E-state index contributed by atoms with van der Waals surface area (Å²) in [6.07, 6.45) is 3.46. The van der Waals surface area contributed by atoms with Gasteiger partial charge >= 0.3 is 0 Å². The van der Waals surface area contributed by atoms with Crippen LogP contribution in [0.4, 0.5) is 0 Å². The Hall–Kier alpha value is -1.49. The second kappa shape index (κ2) is 7.74. The first-order valence-corrected chi connectivity index (χ1v) is 11.7. The Morgan fingerprint density at radius 2 is 1.79 bits per heavy atom. The van der Waals surface area contributed by atoms with Crippen LogP contribution in [-0.2, 0) is 16.6 Å². The Bertz CT molecular complexity index is 1100. The topological polar surface area (TPSA) is 58.4 Å². The first-order valence-electron chi connectivity index (χ1n) is 9.23. The first-order chi connectivity index (χ1) is 13.3. The molecule has 0 radical (unpaired) electrons. The van der Waals surface area contributed by atoms with Crippen LogP contribution in [0.15, 0.2) is 47.6 Å². The number of pyridine rings is 1. The summed E-state index contributed by atoms with van der Waals surface area (Å²) in [6.45, 7) is 6.98. The van der Waals surface area contributed by atoms with Gasteiger partial charge in [-0.25, -0.2) is 17.4 Å². The average molecular weight is 510 g/mol. The highest BCUT2D eigenvalue weighted by atomic mass is 127. The van der Waals surface area contributed by atoms with Crippen LogP contribution >= 0.6 is 22.6 Å². The molecule has 0 atom stereocenters. The molecule has 0 N–H and O–H groups in total. The zero-order valence-electron chi connectivity index (χ0n) is 16.0. The fraction of sp³-hybridized carbons (Fsp3) is 0.350. The SMILES string of the molecule is Cc1ccc(S(=O)(=O)n2cc(I)c3cc(CN4CCN(C)CC4)cnc32)cc1. The van der Waals surface area contributed by atoms with Crippen LogP contribution in [0, 0.1) is 10.5 Å². The summed E-state index contributed by atoms with van der Waals surface area (Å²) in [5.74, 6) is 0. The van der Waals surface area contributed by atoms with Gasteiger partial charge in [-0.3, -0.25) is 4.90 Å². The van der Waals surface area contributed by atoms with E-state index in [1.807, 2.05) is 19.1 Å².